The zero-order valence-electron chi connectivity index (χ0n) is 9.53. The van der Waals surface area contributed by atoms with Crippen molar-refractivity contribution in [1.82, 2.24) is 9.78 Å². The van der Waals surface area contributed by atoms with Gasteiger partial charge in [0.05, 0.1) is 11.3 Å². The summed E-state index contributed by atoms with van der Waals surface area (Å²) >= 11 is 5.90. The highest BCUT2D eigenvalue weighted by atomic mass is 35.5. The summed E-state index contributed by atoms with van der Waals surface area (Å²) in [7, 11) is 1.86. The maximum atomic E-state index is 8.99. The van der Waals surface area contributed by atoms with E-state index in [0.29, 0.717) is 22.1 Å². The van der Waals surface area contributed by atoms with Gasteiger partial charge in [-0.15, -0.1) is 0 Å². The summed E-state index contributed by atoms with van der Waals surface area (Å²) in [6.45, 7) is 1.96. The smallest absolute Gasteiger partial charge is 0.152 e. The number of anilines is 2. The Morgan fingerprint density at radius 3 is 2.76 bits per heavy atom. The predicted octanol–water partition coefficient (Wildman–Crippen LogP) is 3.00. The number of aryl methyl sites for hydroxylation is 2. The zero-order chi connectivity index (χ0) is 12.4. The fourth-order valence-electron chi connectivity index (χ4n) is 1.48. The second-order valence-electron chi connectivity index (χ2n) is 3.72. The Kier molecular flexibility index (Phi) is 3.03. The maximum Gasteiger partial charge on any atom is 0.152 e. The van der Waals surface area contributed by atoms with Crippen molar-refractivity contribution in [2.75, 3.05) is 5.32 Å². The SMILES string of the molecule is Cc1cc(Nc2cc(Cl)ccc2C#N)nn1C. The number of aromatic nitrogens is 2. The highest BCUT2D eigenvalue weighted by molar-refractivity contribution is 6.30. The minimum Gasteiger partial charge on any atom is -0.338 e. The average molecular weight is 247 g/mol. The van der Waals surface area contributed by atoms with Crippen LogP contribution in [0.4, 0.5) is 11.5 Å². The molecule has 1 aromatic carbocycles. The minimum absolute atomic E-state index is 0.540. The van der Waals surface area contributed by atoms with Gasteiger partial charge in [0.25, 0.3) is 0 Å². The lowest BCUT2D eigenvalue weighted by Crippen LogP contribution is -1.96. The van der Waals surface area contributed by atoms with Crippen LogP contribution in [0.3, 0.4) is 0 Å². The van der Waals surface area contributed by atoms with Gasteiger partial charge in [0.1, 0.15) is 6.07 Å². The molecule has 4 nitrogen and oxygen atoms in total. The molecule has 17 heavy (non-hydrogen) atoms. The molecule has 0 aliphatic heterocycles. The molecule has 0 amide bonds. The zero-order valence-corrected chi connectivity index (χ0v) is 10.3. The first kappa shape index (κ1) is 11.5. The van der Waals surface area contributed by atoms with E-state index in [9.17, 15) is 0 Å². The number of nitrogens with one attached hydrogen (secondary N) is 1. The third-order valence-electron chi connectivity index (χ3n) is 2.48. The van der Waals surface area contributed by atoms with Crippen LogP contribution >= 0.6 is 11.6 Å². The summed E-state index contributed by atoms with van der Waals surface area (Å²) in [6.07, 6.45) is 0. The van der Waals surface area contributed by atoms with Gasteiger partial charge in [-0.05, 0) is 25.1 Å². The van der Waals surface area contributed by atoms with Crippen LogP contribution in [0, 0.1) is 18.3 Å². The van der Waals surface area contributed by atoms with Crippen LogP contribution < -0.4 is 5.32 Å². The first-order chi connectivity index (χ1) is 8.10. The van der Waals surface area contributed by atoms with Crippen molar-refractivity contribution < 1.29 is 0 Å². The third-order valence-corrected chi connectivity index (χ3v) is 2.71. The molecule has 1 aromatic heterocycles. The van der Waals surface area contributed by atoms with Crippen molar-refractivity contribution in [2.45, 2.75) is 6.92 Å². The highest BCUT2D eigenvalue weighted by Crippen LogP contribution is 2.23. The molecule has 0 radical (unpaired) electrons. The average Bonchev–Trinajstić information content (AvgIpc) is 2.58. The first-order valence-electron chi connectivity index (χ1n) is 5.07. The first-order valence-corrected chi connectivity index (χ1v) is 5.45. The van der Waals surface area contributed by atoms with Crippen molar-refractivity contribution in [3.8, 4) is 6.07 Å². The number of nitrogens with zero attached hydrogens (tertiary/aromatic N) is 3. The molecule has 0 saturated carbocycles. The number of hydrogen-bond acceptors (Lipinski definition) is 3. The summed E-state index contributed by atoms with van der Waals surface area (Å²) in [5, 5.41) is 16.9. The van der Waals surface area contributed by atoms with Gasteiger partial charge in [-0.1, -0.05) is 11.6 Å². The van der Waals surface area contributed by atoms with Gasteiger partial charge in [0.15, 0.2) is 5.82 Å². The molecule has 0 atom stereocenters. The van der Waals surface area contributed by atoms with E-state index in [2.05, 4.69) is 16.5 Å². The largest absolute Gasteiger partial charge is 0.338 e. The minimum atomic E-state index is 0.540. The van der Waals surface area contributed by atoms with E-state index in [1.165, 1.54) is 0 Å². The molecule has 0 spiro atoms. The van der Waals surface area contributed by atoms with Gasteiger partial charge >= 0.3 is 0 Å². The Balaban J connectivity index is 2.35. The van der Waals surface area contributed by atoms with Crippen LogP contribution in [-0.2, 0) is 7.05 Å². The number of benzene rings is 1. The number of rotatable bonds is 2. The van der Waals surface area contributed by atoms with E-state index in [1.807, 2.05) is 20.0 Å². The Hall–Kier alpha value is -1.99. The highest BCUT2D eigenvalue weighted by Gasteiger charge is 2.06. The molecule has 5 heteroatoms. The van der Waals surface area contributed by atoms with Crippen molar-refractivity contribution in [1.29, 1.82) is 5.26 Å². The Morgan fingerprint density at radius 2 is 2.18 bits per heavy atom. The molecule has 2 rings (SSSR count). The monoisotopic (exact) mass is 246 g/mol. The Labute approximate surface area is 104 Å². The topological polar surface area (TPSA) is 53.6 Å². The second kappa shape index (κ2) is 4.48. The molecule has 0 aliphatic rings. The summed E-state index contributed by atoms with van der Waals surface area (Å²) in [6, 6.07) is 9.10. The Bertz CT molecular complexity index is 576. The van der Waals surface area contributed by atoms with E-state index < -0.39 is 0 Å². The normalized spacial score (nSPS) is 10.0. The van der Waals surface area contributed by atoms with Gasteiger partial charge in [0.2, 0.25) is 0 Å². The standard InChI is InChI=1S/C12H11ClN4/c1-8-5-12(16-17(8)2)15-11-6-10(13)4-3-9(11)7-14/h3-6H,1-2H3,(H,15,16). The number of nitriles is 1. The van der Waals surface area contributed by atoms with Gasteiger partial charge < -0.3 is 5.32 Å². The molecule has 0 aliphatic carbocycles. The summed E-state index contributed by atoms with van der Waals surface area (Å²) in [4.78, 5) is 0. The van der Waals surface area contributed by atoms with Gasteiger partial charge in [-0.2, -0.15) is 10.4 Å². The predicted molar refractivity (Wildman–Crippen MR) is 67.4 cm³/mol. The van der Waals surface area contributed by atoms with Crippen molar-refractivity contribution in [3.63, 3.8) is 0 Å². The molecule has 0 bridgehead atoms. The molecule has 0 fully saturated rings. The fraction of sp³-hybridized carbons (Fsp3) is 0.167. The molecule has 2 aromatic rings. The van der Waals surface area contributed by atoms with E-state index in [1.54, 1.807) is 22.9 Å². The lowest BCUT2D eigenvalue weighted by Gasteiger charge is -2.05. The summed E-state index contributed by atoms with van der Waals surface area (Å²) < 4.78 is 1.76. The van der Waals surface area contributed by atoms with Crippen LogP contribution in [-0.4, -0.2) is 9.78 Å². The van der Waals surface area contributed by atoms with Crippen LogP contribution in [0.5, 0.6) is 0 Å². The number of hydrogen-bond donors (Lipinski definition) is 1. The van der Waals surface area contributed by atoms with E-state index >= 15 is 0 Å². The quantitative estimate of drug-likeness (QED) is 0.886. The van der Waals surface area contributed by atoms with Crippen LogP contribution in [0.25, 0.3) is 0 Å². The second-order valence-corrected chi connectivity index (χ2v) is 4.16. The van der Waals surface area contributed by atoms with Crippen molar-refractivity contribution >= 4 is 23.1 Å². The van der Waals surface area contributed by atoms with Gasteiger partial charge in [-0.3, -0.25) is 4.68 Å². The number of halogens is 1. The van der Waals surface area contributed by atoms with Crippen molar-refractivity contribution in [3.05, 3.63) is 40.5 Å². The maximum absolute atomic E-state index is 8.99. The third kappa shape index (κ3) is 2.40. The summed E-state index contributed by atoms with van der Waals surface area (Å²) in [5.41, 5.74) is 2.24. The molecule has 1 heterocycles. The van der Waals surface area contributed by atoms with E-state index in [-0.39, 0.29) is 0 Å². The van der Waals surface area contributed by atoms with Crippen LogP contribution in [0.15, 0.2) is 24.3 Å². The lowest BCUT2D eigenvalue weighted by molar-refractivity contribution is 0.743. The van der Waals surface area contributed by atoms with Gasteiger partial charge in [0, 0.05) is 23.8 Å². The molecule has 1 N–H and O–H groups in total. The summed E-state index contributed by atoms with van der Waals surface area (Å²) in [5.74, 6) is 0.698. The van der Waals surface area contributed by atoms with Gasteiger partial charge in [-0.25, -0.2) is 0 Å². The molecular weight excluding hydrogens is 236 g/mol. The fourth-order valence-corrected chi connectivity index (χ4v) is 1.65. The lowest BCUT2D eigenvalue weighted by atomic mass is 10.2. The Morgan fingerprint density at radius 1 is 1.41 bits per heavy atom. The molecule has 0 unspecified atom stereocenters. The van der Waals surface area contributed by atoms with E-state index in [4.69, 9.17) is 16.9 Å². The van der Waals surface area contributed by atoms with Crippen molar-refractivity contribution in [2.24, 2.45) is 7.05 Å². The molecule has 0 saturated heterocycles. The molecule has 86 valence electrons. The van der Waals surface area contributed by atoms with Crippen LogP contribution in [0.2, 0.25) is 5.02 Å². The van der Waals surface area contributed by atoms with Crippen LogP contribution in [0.1, 0.15) is 11.3 Å². The van der Waals surface area contributed by atoms with E-state index in [0.717, 1.165) is 5.69 Å². The molecular formula is C12H11ClN4.